The van der Waals surface area contributed by atoms with Crippen LogP contribution in [0.1, 0.15) is 35.3 Å². The van der Waals surface area contributed by atoms with E-state index in [1.807, 2.05) is 6.92 Å². The molecule has 0 saturated carbocycles. The average Bonchev–Trinajstić information content (AvgIpc) is 2.88. The Hall–Kier alpha value is -2.48. The normalized spacial score (nSPS) is 17.1. The van der Waals surface area contributed by atoms with Crippen molar-refractivity contribution in [1.29, 1.82) is 0 Å². The summed E-state index contributed by atoms with van der Waals surface area (Å²) in [5, 5.41) is 19.7. The Labute approximate surface area is 132 Å². The lowest BCUT2D eigenvalue weighted by Crippen LogP contribution is -2.53. The first kappa shape index (κ1) is 15.4. The third-order valence-electron chi connectivity index (χ3n) is 4.18. The second-order valence-corrected chi connectivity index (χ2v) is 5.86. The van der Waals surface area contributed by atoms with Gasteiger partial charge in [-0.1, -0.05) is 0 Å². The molecule has 0 aromatic carbocycles. The molecular weight excluding hydrogens is 300 g/mol. The fourth-order valence-electron chi connectivity index (χ4n) is 2.85. The summed E-state index contributed by atoms with van der Waals surface area (Å²) in [7, 11) is 0. The number of H-pyrrole nitrogens is 1. The molecule has 2 aromatic heterocycles. The van der Waals surface area contributed by atoms with Crippen LogP contribution in [-0.4, -0.2) is 50.9 Å². The fraction of sp³-hybridized carbons (Fsp3) is 0.467. The molecule has 2 aromatic rings. The van der Waals surface area contributed by atoms with Crippen molar-refractivity contribution in [2.45, 2.75) is 31.7 Å². The average molecular weight is 318 g/mol. The van der Waals surface area contributed by atoms with Gasteiger partial charge in [-0.3, -0.25) is 14.7 Å². The highest BCUT2D eigenvalue weighted by atomic mass is 16.5. The number of ether oxygens (including phenoxy) is 1. The summed E-state index contributed by atoms with van der Waals surface area (Å²) in [6.45, 7) is 2.72. The lowest BCUT2D eigenvalue weighted by Gasteiger charge is -2.36. The SMILES string of the molecule is Cc1[nH]nc2ncc(C(=O)NC3(CC(=O)O)CCOCC3)cc12. The van der Waals surface area contributed by atoms with Gasteiger partial charge in [-0.05, 0) is 25.8 Å². The van der Waals surface area contributed by atoms with Crippen molar-refractivity contribution in [3.8, 4) is 0 Å². The zero-order valence-corrected chi connectivity index (χ0v) is 12.8. The van der Waals surface area contributed by atoms with Crippen molar-refractivity contribution in [1.82, 2.24) is 20.5 Å². The minimum Gasteiger partial charge on any atom is -0.481 e. The summed E-state index contributed by atoms with van der Waals surface area (Å²) in [6.07, 6.45) is 2.28. The highest BCUT2D eigenvalue weighted by Crippen LogP contribution is 2.25. The van der Waals surface area contributed by atoms with Crippen LogP contribution >= 0.6 is 0 Å². The lowest BCUT2D eigenvalue weighted by molar-refractivity contribution is -0.139. The molecule has 0 unspecified atom stereocenters. The predicted molar refractivity (Wildman–Crippen MR) is 81.1 cm³/mol. The summed E-state index contributed by atoms with van der Waals surface area (Å²) < 4.78 is 5.29. The van der Waals surface area contributed by atoms with Crippen LogP contribution in [0.2, 0.25) is 0 Å². The Morgan fingerprint density at radius 3 is 2.87 bits per heavy atom. The van der Waals surface area contributed by atoms with Crippen LogP contribution in [0.5, 0.6) is 0 Å². The highest BCUT2D eigenvalue weighted by molar-refractivity contribution is 5.97. The van der Waals surface area contributed by atoms with E-state index >= 15 is 0 Å². The van der Waals surface area contributed by atoms with Crippen molar-refractivity contribution in [3.63, 3.8) is 0 Å². The van der Waals surface area contributed by atoms with Crippen molar-refractivity contribution in [2.75, 3.05) is 13.2 Å². The first-order valence-electron chi connectivity index (χ1n) is 7.42. The maximum atomic E-state index is 12.6. The number of hydrogen-bond acceptors (Lipinski definition) is 5. The number of nitrogens with one attached hydrogen (secondary N) is 2. The van der Waals surface area contributed by atoms with Gasteiger partial charge in [0.15, 0.2) is 5.65 Å². The Balaban J connectivity index is 1.84. The molecule has 23 heavy (non-hydrogen) atoms. The first-order valence-corrected chi connectivity index (χ1v) is 7.42. The molecule has 0 radical (unpaired) electrons. The molecule has 1 saturated heterocycles. The summed E-state index contributed by atoms with van der Waals surface area (Å²) in [4.78, 5) is 27.9. The van der Waals surface area contributed by atoms with E-state index in [1.54, 1.807) is 6.07 Å². The van der Waals surface area contributed by atoms with Gasteiger partial charge >= 0.3 is 5.97 Å². The second-order valence-electron chi connectivity index (χ2n) is 5.86. The number of aromatic nitrogens is 3. The van der Waals surface area contributed by atoms with Gasteiger partial charge in [0.05, 0.1) is 17.5 Å². The van der Waals surface area contributed by atoms with E-state index in [0.717, 1.165) is 11.1 Å². The van der Waals surface area contributed by atoms with E-state index < -0.39 is 11.5 Å². The van der Waals surface area contributed by atoms with Crippen molar-refractivity contribution >= 4 is 22.9 Å². The standard InChI is InChI=1S/C15H18N4O4/c1-9-11-6-10(8-16-13(11)19-18-9)14(22)17-15(7-12(20)21)2-4-23-5-3-15/h6,8H,2-5,7H2,1H3,(H,17,22)(H,20,21)(H,16,18,19). The molecule has 0 spiro atoms. The van der Waals surface area contributed by atoms with E-state index in [1.165, 1.54) is 6.20 Å². The molecule has 0 atom stereocenters. The van der Waals surface area contributed by atoms with Gasteiger partial charge in [0.1, 0.15) is 0 Å². The molecule has 8 nitrogen and oxygen atoms in total. The first-order chi connectivity index (χ1) is 11.0. The number of aryl methyl sites for hydroxylation is 1. The summed E-state index contributed by atoms with van der Waals surface area (Å²) in [5.41, 5.74) is 0.985. The number of rotatable bonds is 4. The van der Waals surface area contributed by atoms with Gasteiger partial charge in [-0.2, -0.15) is 5.10 Å². The van der Waals surface area contributed by atoms with E-state index in [2.05, 4.69) is 20.5 Å². The van der Waals surface area contributed by atoms with Gasteiger partial charge < -0.3 is 15.2 Å². The number of nitrogens with zero attached hydrogens (tertiary/aromatic N) is 2. The predicted octanol–water partition coefficient (Wildman–Crippen LogP) is 1.02. The Morgan fingerprint density at radius 1 is 1.43 bits per heavy atom. The van der Waals surface area contributed by atoms with Gasteiger partial charge in [0, 0.05) is 30.5 Å². The summed E-state index contributed by atoms with van der Waals surface area (Å²) >= 11 is 0. The van der Waals surface area contributed by atoms with E-state index in [0.29, 0.717) is 37.3 Å². The molecule has 3 rings (SSSR count). The number of pyridine rings is 1. The smallest absolute Gasteiger partial charge is 0.305 e. The second kappa shape index (κ2) is 5.96. The topological polar surface area (TPSA) is 117 Å². The minimum absolute atomic E-state index is 0.123. The number of amides is 1. The molecule has 0 bridgehead atoms. The Kier molecular flexibility index (Phi) is 3.99. The lowest BCUT2D eigenvalue weighted by atomic mass is 9.86. The van der Waals surface area contributed by atoms with Crippen LogP contribution < -0.4 is 5.32 Å². The highest BCUT2D eigenvalue weighted by Gasteiger charge is 2.36. The maximum absolute atomic E-state index is 12.6. The molecule has 122 valence electrons. The molecule has 0 aliphatic carbocycles. The van der Waals surface area contributed by atoms with Gasteiger partial charge in [-0.15, -0.1) is 0 Å². The minimum atomic E-state index is -0.938. The molecular formula is C15H18N4O4. The number of carboxylic acid groups (broad SMARTS) is 1. The van der Waals surface area contributed by atoms with Crippen LogP contribution in [0.3, 0.4) is 0 Å². The zero-order chi connectivity index (χ0) is 16.4. The van der Waals surface area contributed by atoms with Gasteiger partial charge in [0.25, 0.3) is 5.91 Å². The molecule has 1 amide bonds. The number of carboxylic acids is 1. The van der Waals surface area contributed by atoms with Crippen LogP contribution in [0, 0.1) is 6.92 Å². The molecule has 1 aliphatic rings. The fourth-order valence-corrected chi connectivity index (χ4v) is 2.85. The number of carbonyl (C=O) groups is 2. The van der Waals surface area contributed by atoms with E-state index in [4.69, 9.17) is 9.84 Å². The third kappa shape index (κ3) is 3.16. The Bertz CT molecular complexity index is 749. The maximum Gasteiger partial charge on any atom is 0.305 e. The molecule has 3 N–H and O–H groups in total. The molecule has 1 fully saturated rings. The molecule has 3 heterocycles. The van der Waals surface area contributed by atoms with Crippen LogP contribution in [0.15, 0.2) is 12.3 Å². The summed E-state index contributed by atoms with van der Waals surface area (Å²) in [5.74, 6) is -1.27. The monoisotopic (exact) mass is 318 g/mol. The number of aliphatic carboxylic acids is 1. The number of hydrogen-bond donors (Lipinski definition) is 3. The van der Waals surface area contributed by atoms with Gasteiger partial charge in [-0.25, -0.2) is 4.98 Å². The third-order valence-corrected chi connectivity index (χ3v) is 4.18. The summed E-state index contributed by atoms with van der Waals surface area (Å²) in [6, 6.07) is 1.71. The number of fused-ring (bicyclic) bond motifs is 1. The van der Waals surface area contributed by atoms with Gasteiger partial charge in [0.2, 0.25) is 0 Å². The molecule has 8 heteroatoms. The number of aromatic amines is 1. The number of carbonyl (C=O) groups excluding carboxylic acids is 1. The van der Waals surface area contributed by atoms with E-state index in [-0.39, 0.29) is 12.3 Å². The zero-order valence-electron chi connectivity index (χ0n) is 12.8. The van der Waals surface area contributed by atoms with Crippen molar-refractivity contribution in [2.24, 2.45) is 0 Å². The van der Waals surface area contributed by atoms with Crippen LogP contribution in [0.25, 0.3) is 11.0 Å². The van der Waals surface area contributed by atoms with Crippen LogP contribution in [-0.2, 0) is 9.53 Å². The molecule has 1 aliphatic heterocycles. The quantitative estimate of drug-likeness (QED) is 0.775. The van der Waals surface area contributed by atoms with E-state index in [9.17, 15) is 9.59 Å². The largest absolute Gasteiger partial charge is 0.481 e. The Morgan fingerprint density at radius 2 is 2.17 bits per heavy atom. The van der Waals surface area contributed by atoms with Crippen molar-refractivity contribution < 1.29 is 19.4 Å². The van der Waals surface area contributed by atoms with Crippen molar-refractivity contribution in [3.05, 3.63) is 23.5 Å². The van der Waals surface area contributed by atoms with Crippen LogP contribution in [0.4, 0.5) is 0 Å².